The number of carbonyl (C=O) groups excluding carboxylic acids is 1. The SMILES string of the molecule is COC(=O)C(CF)(Oc1ccccc1)c1ccccc1. The number of para-hydroxylation sites is 1. The number of halogens is 1. The van der Waals surface area contributed by atoms with E-state index in [4.69, 9.17) is 9.47 Å². The van der Waals surface area contributed by atoms with Crippen molar-refractivity contribution in [1.29, 1.82) is 0 Å². The third kappa shape index (κ3) is 2.64. The Hall–Kier alpha value is -2.36. The maximum atomic E-state index is 13.7. The van der Waals surface area contributed by atoms with Gasteiger partial charge >= 0.3 is 5.97 Å². The Morgan fingerprint density at radius 2 is 1.60 bits per heavy atom. The first kappa shape index (κ1) is 14.1. The first-order valence-corrected chi connectivity index (χ1v) is 6.17. The molecule has 4 heteroatoms. The minimum atomic E-state index is -1.78. The number of esters is 1. The van der Waals surface area contributed by atoms with Crippen LogP contribution in [0.3, 0.4) is 0 Å². The van der Waals surface area contributed by atoms with Crippen molar-refractivity contribution in [3.8, 4) is 5.75 Å². The fourth-order valence-corrected chi connectivity index (χ4v) is 1.94. The second kappa shape index (κ2) is 6.19. The van der Waals surface area contributed by atoms with Crippen LogP contribution in [0, 0.1) is 0 Å². The molecule has 0 radical (unpaired) electrons. The maximum absolute atomic E-state index is 13.7. The van der Waals surface area contributed by atoms with E-state index in [1.165, 1.54) is 7.11 Å². The molecule has 0 N–H and O–H groups in total. The molecule has 2 aromatic rings. The van der Waals surface area contributed by atoms with Crippen molar-refractivity contribution in [3.63, 3.8) is 0 Å². The Morgan fingerprint density at radius 3 is 2.10 bits per heavy atom. The molecule has 20 heavy (non-hydrogen) atoms. The van der Waals surface area contributed by atoms with E-state index in [9.17, 15) is 9.18 Å². The van der Waals surface area contributed by atoms with Gasteiger partial charge in [-0.1, -0.05) is 48.5 Å². The smallest absolute Gasteiger partial charge is 0.357 e. The van der Waals surface area contributed by atoms with Crippen molar-refractivity contribution >= 4 is 5.97 Å². The predicted octanol–water partition coefficient (Wildman–Crippen LogP) is 3.10. The van der Waals surface area contributed by atoms with Crippen LogP contribution in [-0.4, -0.2) is 19.8 Å². The average Bonchev–Trinajstić information content (AvgIpc) is 2.53. The van der Waals surface area contributed by atoms with Gasteiger partial charge in [0.1, 0.15) is 12.4 Å². The molecule has 0 spiro atoms. The van der Waals surface area contributed by atoms with Crippen molar-refractivity contribution < 1.29 is 18.7 Å². The van der Waals surface area contributed by atoms with Crippen molar-refractivity contribution in [2.75, 3.05) is 13.8 Å². The van der Waals surface area contributed by atoms with Crippen LogP contribution in [0.1, 0.15) is 5.56 Å². The summed E-state index contributed by atoms with van der Waals surface area (Å²) in [6.45, 7) is -1.02. The van der Waals surface area contributed by atoms with Gasteiger partial charge in [0.15, 0.2) is 0 Å². The minimum absolute atomic E-state index is 0.402. The number of benzene rings is 2. The summed E-state index contributed by atoms with van der Waals surface area (Å²) in [7, 11) is 1.21. The van der Waals surface area contributed by atoms with E-state index >= 15 is 0 Å². The summed E-state index contributed by atoms with van der Waals surface area (Å²) >= 11 is 0. The van der Waals surface area contributed by atoms with Crippen LogP contribution in [0.2, 0.25) is 0 Å². The van der Waals surface area contributed by atoms with Gasteiger partial charge in [-0.3, -0.25) is 0 Å². The summed E-state index contributed by atoms with van der Waals surface area (Å²) < 4.78 is 24.1. The van der Waals surface area contributed by atoms with Crippen LogP contribution in [0.15, 0.2) is 60.7 Å². The first-order chi connectivity index (χ1) is 9.73. The second-order valence-corrected chi connectivity index (χ2v) is 4.23. The summed E-state index contributed by atoms with van der Waals surface area (Å²) in [6.07, 6.45) is 0. The number of carbonyl (C=O) groups is 1. The van der Waals surface area contributed by atoms with Gasteiger partial charge in [-0.05, 0) is 12.1 Å². The quantitative estimate of drug-likeness (QED) is 0.786. The molecule has 0 aliphatic carbocycles. The second-order valence-electron chi connectivity index (χ2n) is 4.23. The van der Waals surface area contributed by atoms with E-state index in [2.05, 4.69) is 0 Å². The van der Waals surface area contributed by atoms with E-state index in [0.717, 1.165) is 0 Å². The van der Waals surface area contributed by atoms with Gasteiger partial charge in [0.25, 0.3) is 5.60 Å². The highest BCUT2D eigenvalue weighted by Crippen LogP contribution is 2.30. The van der Waals surface area contributed by atoms with Crippen molar-refractivity contribution in [2.24, 2.45) is 0 Å². The summed E-state index contributed by atoms with van der Waals surface area (Å²) in [5.74, 6) is -0.366. The van der Waals surface area contributed by atoms with Crippen LogP contribution in [-0.2, 0) is 15.1 Å². The van der Waals surface area contributed by atoms with E-state index in [1.54, 1.807) is 54.6 Å². The Morgan fingerprint density at radius 1 is 1.05 bits per heavy atom. The predicted molar refractivity (Wildman–Crippen MR) is 73.2 cm³/mol. The van der Waals surface area contributed by atoms with Gasteiger partial charge in [-0.2, -0.15) is 0 Å². The van der Waals surface area contributed by atoms with Crippen LogP contribution in [0.25, 0.3) is 0 Å². The molecule has 0 amide bonds. The van der Waals surface area contributed by atoms with Crippen molar-refractivity contribution in [3.05, 3.63) is 66.2 Å². The molecule has 0 saturated heterocycles. The Bertz CT molecular complexity index is 556. The highest BCUT2D eigenvalue weighted by atomic mass is 19.1. The number of hydrogen-bond acceptors (Lipinski definition) is 3. The maximum Gasteiger partial charge on any atom is 0.357 e. The summed E-state index contributed by atoms with van der Waals surface area (Å²) in [5.41, 5.74) is -1.37. The molecule has 0 aliphatic heterocycles. The topological polar surface area (TPSA) is 35.5 Å². The summed E-state index contributed by atoms with van der Waals surface area (Å²) in [4.78, 5) is 12.1. The lowest BCUT2D eigenvalue weighted by Gasteiger charge is -2.29. The Balaban J connectivity index is 2.46. The van der Waals surface area contributed by atoms with Gasteiger partial charge in [-0.15, -0.1) is 0 Å². The molecule has 0 heterocycles. The molecule has 2 aromatic carbocycles. The van der Waals surface area contributed by atoms with E-state index in [1.807, 2.05) is 6.07 Å². The van der Waals surface area contributed by atoms with Crippen molar-refractivity contribution in [2.45, 2.75) is 5.60 Å². The molecular formula is C16H15FO3. The monoisotopic (exact) mass is 274 g/mol. The molecule has 0 saturated carbocycles. The number of alkyl halides is 1. The Kier molecular flexibility index (Phi) is 4.35. The highest BCUT2D eigenvalue weighted by Gasteiger charge is 2.44. The van der Waals surface area contributed by atoms with Crippen molar-refractivity contribution in [1.82, 2.24) is 0 Å². The van der Waals surface area contributed by atoms with Gasteiger partial charge in [0.05, 0.1) is 7.11 Å². The van der Waals surface area contributed by atoms with Gasteiger partial charge in [0.2, 0.25) is 0 Å². The molecule has 0 aromatic heterocycles. The van der Waals surface area contributed by atoms with E-state index in [0.29, 0.717) is 11.3 Å². The standard InChI is InChI=1S/C16H15FO3/c1-19-15(18)16(12-17,13-8-4-2-5-9-13)20-14-10-6-3-7-11-14/h2-11H,12H2,1H3. The zero-order chi connectivity index (χ0) is 14.4. The number of methoxy groups -OCH3 is 1. The fourth-order valence-electron chi connectivity index (χ4n) is 1.94. The lowest BCUT2D eigenvalue weighted by molar-refractivity contribution is -0.162. The normalized spacial score (nSPS) is 13.3. The van der Waals surface area contributed by atoms with Crippen LogP contribution >= 0.6 is 0 Å². The zero-order valence-electron chi connectivity index (χ0n) is 11.1. The molecule has 2 rings (SSSR count). The fraction of sp³-hybridized carbons (Fsp3) is 0.188. The highest BCUT2D eigenvalue weighted by molar-refractivity contribution is 5.82. The number of rotatable bonds is 5. The molecule has 3 nitrogen and oxygen atoms in total. The molecule has 104 valence electrons. The molecule has 1 unspecified atom stereocenters. The summed E-state index contributed by atoms with van der Waals surface area (Å²) in [5, 5.41) is 0. The Labute approximate surface area is 117 Å². The van der Waals surface area contributed by atoms with Gasteiger partial charge < -0.3 is 9.47 Å². The lowest BCUT2D eigenvalue weighted by Crippen LogP contribution is -2.44. The van der Waals surface area contributed by atoms with Gasteiger partial charge in [-0.25, -0.2) is 9.18 Å². The van der Waals surface area contributed by atoms with Crippen LogP contribution < -0.4 is 4.74 Å². The van der Waals surface area contributed by atoms with E-state index < -0.39 is 18.2 Å². The number of ether oxygens (including phenoxy) is 2. The molecule has 0 bridgehead atoms. The molecule has 1 atom stereocenters. The van der Waals surface area contributed by atoms with Crippen LogP contribution in [0.5, 0.6) is 5.75 Å². The van der Waals surface area contributed by atoms with E-state index in [-0.39, 0.29) is 0 Å². The van der Waals surface area contributed by atoms with Gasteiger partial charge in [0, 0.05) is 5.56 Å². The molecule has 0 fully saturated rings. The molecular weight excluding hydrogens is 259 g/mol. The first-order valence-electron chi connectivity index (χ1n) is 6.17. The third-order valence-electron chi connectivity index (χ3n) is 2.98. The van der Waals surface area contributed by atoms with Crippen LogP contribution in [0.4, 0.5) is 4.39 Å². The lowest BCUT2D eigenvalue weighted by atomic mass is 9.95. The number of hydrogen-bond donors (Lipinski definition) is 0. The summed E-state index contributed by atoms with van der Waals surface area (Å²) in [6, 6.07) is 17.1. The minimum Gasteiger partial charge on any atom is -0.468 e. The zero-order valence-corrected chi connectivity index (χ0v) is 11.1. The third-order valence-corrected chi connectivity index (χ3v) is 2.98. The largest absolute Gasteiger partial charge is 0.468 e. The molecule has 0 aliphatic rings. The average molecular weight is 274 g/mol.